The fourth-order valence-corrected chi connectivity index (χ4v) is 2.37. The minimum atomic E-state index is 0.170. The van der Waals surface area contributed by atoms with Gasteiger partial charge in [-0.3, -0.25) is 4.79 Å². The molecular weight excluding hydrogens is 214 g/mol. The van der Waals surface area contributed by atoms with Crippen LogP contribution in [0.5, 0.6) is 0 Å². The molecule has 0 aliphatic carbocycles. The van der Waals surface area contributed by atoms with Crippen molar-refractivity contribution in [3.8, 4) is 0 Å². The zero-order valence-corrected chi connectivity index (χ0v) is 9.81. The molecule has 1 fully saturated rings. The Balaban J connectivity index is 1.87. The third kappa shape index (κ3) is 1.79. The molecule has 4 nitrogen and oxygen atoms in total. The largest absolute Gasteiger partial charge is 0.342 e. The predicted octanol–water partition coefficient (Wildman–Crippen LogP) is 1.98. The zero-order valence-electron chi connectivity index (χ0n) is 9.81. The number of fused-ring (bicyclic) bond motifs is 1. The number of H-pyrrole nitrogens is 1. The molecule has 1 N–H and O–H groups in total. The van der Waals surface area contributed by atoms with Crippen LogP contribution in [0.25, 0.3) is 11.0 Å². The molecule has 0 bridgehead atoms. The Kier molecular flexibility index (Phi) is 2.35. The van der Waals surface area contributed by atoms with Crippen LogP contribution >= 0.6 is 0 Å². The van der Waals surface area contributed by atoms with Crippen molar-refractivity contribution in [3.63, 3.8) is 0 Å². The lowest BCUT2D eigenvalue weighted by molar-refractivity contribution is -0.120. The molecule has 17 heavy (non-hydrogen) atoms. The van der Waals surface area contributed by atoms with Crippen LogP contribution in [-0.2, 0) is 4.79 Å². The van der Waals surface area contributed by atoms with Crippen LogP contribution in [0.3, 0.4) is 0 Å². The van der Waals surface area contributed by atoms with Crippen LogP contribution in [0.1, 0.15) is 13.3 Å². The minimum absolute atomic E-state index is 0.170. The number of imidazole rings is 1. The van der Waals surface area contributed by atoms with Gasteiger partial charge >= 0.3 is 0 Å². The van der Waals surface area contributed by atoms with E-state index in [1.807, 2.05) is 24.3 Å². The lowest BCUT2D eigenvalue weighted by atomic mass is 10.1. The molecular formula is C13H15N3O. The summed E-state index contributed by atoms with van der Waals surface area (Å²) in [6.45, 7) is 3.37. The van der Waals surface area contributed by atoms with E-state index in [0.717, 1.165) is 36.5 Å². The Hall–Kier alpha value is -1.84. The van der Waals surface area contributed by atoms with Gasteiger partial charge in [-0.25, -0.2) is 4.98 Å². The van der Waals surface area contributed by atoms with Gasteiger partial charge in [-0.15, -0.1) is 0 Å². The number of benzene rings is 1. The number of hydrogen-bond acceptors (Lipinski definition) is 3. The molecule has 1 aromatic carbocycles. The summed E-state index contributed by atoms with van der Waals surface area (Å²) in [6, 6.07) is 7.99. The number of nitrogens with zero attached hydrogens (tertiary/aromatic N) is 2. The number of para-hydroxylation sites is 2. The van der Waals surface area contributed by atoms with Crippen molar-refractivity contribution >= 4 is 22.8 Å². The lowest BCUT2D eigenvalue weighted by Crippen LogP contribution is -2.22. The third-order valence-electron chi connectivity index (χ3n) is 3.44. The summed E-state index contributed by atoms with van der Waals surface area (Å²) in [4.78, 5) is 21.3. The topological polar surface area (TPSA) is 49.0 Å². The standard InChI is InChI=1S/C13H15N3O/c1-9(17)10-6-7-16(8-10)13-14-11-4-2-3-5-12(11)15-13/h2-5,10H,6-8H2,1H3,(H,14,15)/t10-/m0/s1. The Morgan fingerprint density at radius 2 is 2.29 bits per heavy atom. The highest BCUT2D eigenvalue weighted by Gasteiger charge is 2.27. The number of aromatic amines is 1. The molecule has 88 valence electrons. The second kappa shape index (κ2) is 3.87. The van der Waals surface area contributed by atoms with Crippen LogP contribution in [0, 0.1) is 5.92 Å². The van der Waals surface area contributed by atoms with E-state index in [-0.39, 0.29) is 11.7 Å². The smallest absolute Gasteiger partial charge is 0.203 e. The number of carbonyl (C=O) groups is 1. The van der Waals surface area contributed by atoms with Gasteiger partial charge in [0.25, 0.3) is 0 Å². The molecule has 0 saturated carbocycles. The minimum Gasteiger partial charge on any atom is -0.342 e. The van der Waals surface area contributed by atoms with Crippen molar-refractivity contribution < 1.29 is 4.79 Å². The second-order valence-electron chi connectivity index (χ2n) is 4.62. The first-order valence-corrected chi connectivity index (χ1v) is 5.94. The first-order valence-electron chi connectivity index (χ1n) is 5.94. The third-order valence-corrected chi connectivity index (χ3v) is 3.44. The highest BCUT2D eigenvalue weighted by molar-refractivity contribution is 5.80. The van der Waals surface area contributed by atoms with Gasteiger partial charge in [-0.2, -0.15) is 0 Å². The van der Waals surface area contributed by atoms with Crippen molar-refractivity contribution in [2.75, 3.05) is 18.0 Å². The van der Waals surface area contributed by atoms with Crippen molar-refractivity contribution in [2.45, 2.75) is 13.3 Å². The molecule has 0 radical (unpaired) electrons. The number of nitrogens with one attached hydrogen (secondary N) is 1. The first-order chi connectivity index (χ1) is 8.24. The first kappa shape index (κ1) is 10.3. The predicted molar refractivity (Wildman–Crippen MR) is 67.1 cm³/mol. The van der Waals surface area contributed by atoms with Crippen LogP contribution in [0.2, 0.25) is 0 Å². The Labute approximate surface area is 99.6 Å². The molecule has 1 atom stereocenters. The van der Waals surface area contributed by atoms with Gasteiger partial charge in [-0.05, 0) is 25.5 Å². The number of hydrogen-bond donors (Lipinski definition) is 1. The van der Waals surface area contributed by atoms with Gasteiger partial charge in [-0.1, -0.05) is 12.1 Å². The van der Waals surface area contributed by atoms with Gasteiger partial charge in [0.15, 0.2) is 0 Å². The molecule has 2 heterocycles. The second-order valence-corrected chi connectivity index (χ2v) is 4.62. The van der Waals surface area contributed by atoms with Crippen LogP contribution in [0.4, 0.5) is 5.95 Å². The number of Topliss-reactive ketones (excluding diaryl/α,β-unsaturated/α-hetero) is 1. The quantitative estimate of drug-likeness (QED) is 0.856. The molecule has 1 aliphatic heterocycles. The van der Waals surface area contributed by atoms with Gasteiger partial charge in [0.2, 0.25) is 5.95 Å². The molecule has 1 saturated heterocycles. The van der Waals surface area contributed by atoms with Gasteiger partial charge in [0.05, 0.1) is 11.0 Å². The zero-order chi connectivity index (χ0) is 11.8. The summed E-state index contributed by atoms with van der Waals surface area (Å²) in [7, 11) is 0. The highest BCUT2D eigenvalue weighted by atomic mass is 16.1. The summed E-state index contributed by atoms with van der Waals surface area (Å²) in [5.41, 5.74) is 2.03. The maximum absolute atomic E-state index is 11.3. The molecule has 0 unspecified atom stereocenters. The number of anilines is 1. The van der Waals surface area contributed by atoms with E-state index in [9.17, 15) is 4.79 Å². The van der Waals surface area contributed by atoms with Gasteiger partial charge in [0, 0.05) is 19.0 Å². The van der Waals surface area contributed by atoms with Gasteiger partial charge < -0.3 is 9.88 Å². The maximum atomic E-state index is 11.3. The number of aromatic nitrogens is 2. The van der Waals surface area contributed by atoms with Crippen molar-refractivity contribution in [2.24, 2.45) is 5.92 Å². The van der Waals surface area contributed by atoms with Crippen LogP contribution in [0.15, 0.2) is 24.3 Å². The molecule has 0 spiro atoms. The summed E-state index contributed by atoms with van der Waals surface area (Å²) in [6.07, 6.45) is 0.937. The van der Waals surface area contributed by atoms with E-state index < -0.39 is 0 Å². The summed E-state index contributed by atoms with van der Waals surface area (Å²) in [5.74, 6) is 1.33. The molecule has 3 rings (SSSR count). The average Bonchev–Trinajstić information content (AvgIpc) is 2.95. The Morgan fingerprint density at radius 1 is 1.47 bits per heavy atom. The molecule has 1 aliphatic rings. The SMILES string of the molecule is CC(=O)[C@H]1CCN(c2nc3ccccc3[nH]2)C1. The van der Waals surface area contributed by atoms with Crippen molar-refractivity contribution in [1.29, 1.82) is 0 Å². The molecule has 0 amide bonds. The van der Waals surface area contributed by atoms with Gasteiger partial charge in [0.1, 0.15) is 5.78 Å². The van der Waals surface area contributed by atoms with E-state index in [0.29, 0.717) is 0 Å². The maximum Gasteiger partial charge on any atom is 0.203 e. The Bertz CT molecular complexity index is 528. The molecule has 2 aromatic rings. The summed E-state index contributed by atoms with van der Waals surface area (Å²) < 4.78 is 0. The van der Waals surface area contributed by atoms with Crippen LogP contribution < -0.4 is 4.90 Å². The van der Waals surface area contributed by atoms with E-state index in [4.69, 9.17) is 0 Å². The fourth-order valence-electron chi connectivity index (χ4n) is 2.37. The molecule has 1 aromatic heterocycles. The molecule has 4 heteroatoms. The Morgan fingerprint density at radius 3 is 3.00 bits per heavy atom. The van der Waals surface area contributed by atoms with E-state index in [2.05, 4.69) is 14.9 Å². The monoisotopic (exact) mass is 229 g/mol. The van der Waals surface area contributed by atoms with Crippen molar-refractivity contribution in [1.82, 2.24) is 9.97 Å². The number of rotatable bonds is 2. The number of carbonyl (C=O) groups excluding carboxylic acids is 1. The average molecular weight is 229 g/mol. The summed E-state index contributed by atoms with van der Waals surface area (Å²) in [5, 5.41) is 0. The lowest BCUT2D eigenvalue weighted by Gasteiger charge is -2.13. The highest BCUT2D eigenvalue weighted by Crippen LogP contribution is 2.24. The fraction of sp³-hybridized carbons (Fsp3) is 0.385. The van der Waals surface area contributed by atoms with Crippen molar-refractivity contribution in [3.05, 3.63) is 24.3 Å². The van der Waals surface area contributed by atoms with E-state index in [1.54, 1.807) is 6.92 Å². The van der Waals surface area contributed by atoms with E-state index in [1.165, 1.54) is 0 Å². The summed E-state index contributed by atoms with van der Waals surface area (Å²) >= 11 is 0. The van der Waals surface area contributed by atoms with E-state index >= 15 is 0 Å². The normalized spacial score (nSPS) is 20.1. The van der Waals surface area contributed by atoms with Crippen LogP contribution in [-0.4, -0.2) is 28.8 Å². The number of ketones is 1.